The Balaban J connectivity index is 2.17. The van der Waals surface area contributed by atoms with E-state index in [1.54, 1.807) is 12.1 Å². The van der Waals surface area contributed by atoms with Crippen LogP contribution in [0.15, 0.2) is 24.4 Å². The molecule has 184 valence electrons. The number of fused-ring (bicyclic) bond motifs is 1. The van der Waals surface area contributed by atoms with Gasteiger partial charge in [0.2, 0.25) is 0 Å². The molecule has 1 aliphatic rings. The van der Waals surface area contributed by atoms with Gasteiger partial charge in [-0.15, -0.1) is 0 Å². The van der Waals surface area contributed by atoms with Crippen molar-refractivity contribution in [1.29, 1.82) is 0 Å². The molecule has 0 radical (unpaired) electrons. The van der Waals surface area contributed by atoms with Crippen LogP contribution in [0.2, 0.25) is 10.0 Å². The topological polar surface area (TPSA) is 119 Å². The third kappa shape index (κ3) is 5.81. The van der Waals surface area contributed by atoms with Crippen LogP contribution in [0.25, 0.3) is 10.9 Å². The van der Waals surface area contributed by atoms with Gasteiger partial charge in [0, 0.05) is 49.7 Å². The number of nitrogens with zero attached hydrogens (tertiary/aromatic N) is 1. The molecule has 1 saturated heterocycles. The molecule has 1 aromatic heterocycles. The Morgan fingerprint density at radius 2 is 1.56 bits per heavy atom. The van der Waals surface area contributed by atoms with E-state index in [-0.39, 0.29) is 5.02 Å². The fourth-order valence-electron chi connectivity index (χ4n) is 3.69. The van der Waals surface area contributed by atoms with Crippen molar-refractivity contribution in [1.82, 2.24) is 4.57 Å². The molecular formula is C22H23Cl2NO9. The molecule has 2 heterocycles. The molecule has 10 nitrogen and oxygen atoms in total. The SMILES string of the molecule is [2H]CC(=O)OC[C@H]1OC(n2ccc3c(Cl)cc(Cl)cc32)[C@H](OC(=O)C[2H])[C@@H](OC(=O)C[2H])[C@@H]1OC(=O)C[2H]. The first kappa shape index (κ1) is 20.5. The number of halogens is 2. The number of carbonyl (C=O) groups is 4. The van der Waals surface area contributed by atoms with Gasteiger partial charge in [0.05, 0.1) is 10.5 Å². The van der Waals surface area contributed by atoms with E-state index in [1.165, 1.54) is 16.8 Å². The lowest BCUT2D eigenvalue weighted by Gasteiger charge is -2.44. The largest absolute Gasteiger partial charge is 0.463 e. The Morgan fingerprint density at radius 3 is 2.21 bits per heavy atom. The maximum atomic E-state index is 12.3. The molecule has 0 saturated carbocycles. The van der Waals surface area contributed by atoms with E-state index in [4.69, 9.17) is 52.4 Å². The summed E-state index contributed by atoms with van der Waals surface area (Å²) in [6.07, 6.45) is -5.85. The monoisotopic (exact) mass is 519 g/mol. The molecule has 1 fully saturated rings. The van der Waals surface area contributed by atoms with Crippen molar-refractivity contribution in [3.63, 3.8) is 0 Å². The van der Waals surface area contributed by atoms with Crippen molar-refractivity contribution in [2.75, 3.05) is 6.61 Å². The van der Waals surface area contributed by atoms with Crippen molar-refractivity contribution >= 4 is 58.0 Å². The van der Waals surface area contributed by atoms with Gasteiger partial charge in [-0.3, -0.25) is 19.2 Å². The summed E-state index contributed by atoms with van der Waals surface area (Å²) in [6.45, 7) is -3.76. The van der Waals surface area contributed by atoms with Gasteiger partial charge in [0.25, 0.3) is 0 Å². The molecule has 0 spiro atoms. The highest BCUT2D eigenvalue weighted by atomic mass is 35.5. The predicted octanol–water partition coefficient (Wildman–Crippen LogP) is 3.20. The molecule has 1 aliphatic heterocycles. The summed E-state index contributed by atoms with van der Waals surface area (Å²) >= 11 is 12.5. The summed E-state index contributed by atoms with van der Waals surface area (Å²) in [5, 5.41) is 1.09. The lowest BCUT2D eigenvalue weighted by atomic mass is 9.97. The molecule has 3 rings (SSSR count). The highest BCUT2D eigenvalue weighted by Gasteiger charge is 2.53. The molecule has 0 bridgehead atoms. The van der Waals surface area contributed by atoms with Crippen LogP contribution in [0.4, 0.5) is 0 Å². The second-order valence-corrected chi connectivity index (χ2v) is 8.00. The second-order valence-electron chi connectivity index (χ2n) is 7.15. The number of rotatable bonds is 6. The Morgan fingerprint density at radius 1 is 0.941 bits per heavy atom. The zero-order valence-electron chi connectivity index (χ0n) is 21.6. The van der Waals surface area contributed by atoms with Gasteiger partial charge in [-0.25, -0.2) is 0 Å². The Labute approximate surface area is 210 Å². The molecule has 5 atom stereocenters. The van der Waals surface area contributed by atoms with Crippen LogP contribution < -0.4 is 0 Å². The van der Waals surface area contributed by atoms with Crippen LogP contribution in [-0.2, 0) is 42.9 Å². The average molecular weight is 520 g/mol. The van der Waals surface area contributed by atoms with E-state index in [9.17, 15) is 19.2 Å². The van der Waals surface area contributed by atoms with Crippen LogP contribution in [0.3, 0.4) is 0 Å². The highest BCUT2D eigenvalue weighted by Crippen LogP contribution is 2.38. The summed E-state index contributed by atoms with van der Waals surface area (Å²) in [7, 11) is 0. The molecule has 1 aromatic carbocycles. The zero-order valence-corrected chi connectivity index (χ0v) is 19.1. The Kier molecular flexibility index (Phi) is 6.42. The van der Waals surface area contributed by atoms with E-state index < -0.39 is 88.7 Å². The lowest BCUT2D eigenvalue weighted by molar-refractivity contribution is -0.267. The van der Waals surface area contributed by atoms with Crippen molar-refractivity contribution in [3.05, 3.63) is 34.4 Å². The highest BCUT2D eigenvalue weighted by molar-refractivity contribution is 6.38. The van der Waals surface area contributed by atoms with Crippen LogP contribution in [0.1, 0.15) is 39.3 Å². The van der Waals surface area contributed by atoms with Gasteiger partial charge in [-0.1, -0.05) is 23.2 Å². The molecule has 0 N–H and O–H groups in total. The third-order valence-corrected chi connectivity index (χ3v) is 5.38. The molecular weight excluding hydrogens is 493 g/mol. The number of aromatic nitrogens is 1. The van der Waals surface area contributed by atoms with Gasteiger partial charge in [-0.2, -0.15) is 0 Å². The summed E-state index contributed by atoms with van der Waals surface area (Å²) < 4.78 is 57.9. The average Bonchev–Trinajstić information content (AvgIpc) is 3.32. The number of hydrogen-bond donors (Lipinski definition) is 0. The molecule has 0 amide bonds. The van der Waals surface area contributed by atoms with E-state index in [0.717, 1.165) is 0 Å². The van der Waals surface area contributed by atoms with Gasteiger partial charge in [0.15, 0.2) is 24.5 Å². The molecule has 1 unspecified atom stereocenters. The fraction of sp³-hybridized carbons (Fsp3) is 0.455. The van der Waals surface area contributed by atoms with Crippen LogP contribution in [-0.4, -0.2) is 59.5 Å². The Bertz CT molecular complexity index is 1200. The van der Waals surface area contributed by atoms with E-state index in [0.29, 0.717) is 15.9 Å². The molecule has 2 aromatic rings. The summed E-state index contributed by atoms with van der Waals surface area (Å²) in [6, 6.07) is 4.67. The van der Waals surface area contributed by atoms with Gasteiger partial charge >= 0.3 is 23.9 Å². The number of hydrogen-bond acceptors (Lipinski definition) is 9. The first-order valence-electron chi connectivity index (χ1n) is 12.5. The second kappa shape index (κ2) is 10.6. The smallest absolute Gasteiger partial charge is 0.303 e. The van der Waals surface area contributed by atoms with Crippen LogP contribution in [0, 0.1) is 0 Å². The maximum absolute atomic E-state index is 12.3. The van der Waals surface area contributed by atoms with Crippen molar-refractivity contribution in [2.24, 2.45) is 0 Å². The minimum absolute atomic E-state index is 0.262. The molecule has 34 heavy (non-hydrogen) atoms. The third-order valence-electron chi connectivity index (χ3n) is 4.85. The molecule has 12 heteroatoms. The van der Waals surface area contributed by atoms with E-state index >= 15 is 0 Å². The fourth-order valence-corrected chi connectivity index (χ4v) is 4.24. The van der Waals surface area contributed by atoms with Gasteiger partial charge in [0.1, 0.15) is 12.7 Å². The zero-order chi connectivity index (χ0) is 28.0. The first-order valence-corrected chi connectivity index (χ1v) is 10.4. The molecule has 0 aliphatic carbocycles. The van der Waals surface area contributed by atoms with Crippen molar-refractivity contribution in [3.8, 4) is 0 Å². The van der Waals surface area contributed by atoms with Crippen LogP contribution >= 0.6 is 23.2 Å². The minimum atomic E-state index is -1.61. The predicted molar refractivity (Wildman–Crippen MR) is 119 cm³/mol. The van der Waals surface area contributed by atoms with Crippen LogP contribution in [0.5, 0.6) is 0 Å². The van der Waals surface area contributed by atoms with Gasteiger partial charge in [-0.05, 0) is 18.2 Å². The number of ether oxygens (including phenoxy) is 5. The summed E-state index contributed by atoms with van der Waals surface area (Å²) in [5.74, 6) is -4.09. The Hall–Kier alpha value is -2.82. The number of esters is 4. The van der Waals surface area contributed by atoms with E-state index in [1.807, 2.05) is 0 Å². The standard InChI is InChI=1S/C22H23Cl2NO9/c1-10(26)30-9-18-19(31-11(2)27)20(32-12(3)28)21(33-13(4)29)22(34-18)25-6-5-15-16(24)7-14(23)8-17(15)25/h5-8,18-22H,9H2,1-4H3/t18-,19-,20+,21-,22?/m1/s1/i1D,2D,3D,4D. The number of benzene rings is 1. The van der Waals surface area contributed by atoms with Crippen molar-refractivity contribution in [2.45, 2.75) is 58.2 Å². The lowest BCUT2D eigenvalue weighted by Crippen LogP contribution is -2.60. The quantitative estimate of drug-likeness (QED) is 0.418. The number of carbonyl (C=O) groups excluding carboxylic acids is 4. The van der Waals surface area contributed by atoms with Crippen molar-refractivity contribution < 1.29 is 48.3 Å². The van der Waals surface area contributed by atoms with E-state index in [2.05, 4.69) is 0 Å². The first-order chi connectivity index (χ1) is 18.1. The summed E-state index contributed by atoms with van der Waals surface area (Å²) in [5.41, 5.74) is 0.411. The maximum Gasteiger partial charge on any atom is 0.303 e. The van der Waals surface area contributed by atoms with Gasteiger partial charge < -0.3 is 28.3 Å². The summed E-state index contributed by atoms with van der Waals surface area (Å²) in [4.78, 5) is 48.3. The minimum Gasteiger partial charge on any atom is -0.463 e. The normalized spacial score (nSPS) is 25.9.